The van der Waals surface area contributed by atoms with Crippen LogP contribution in [0.2, 0.25) is 5.02 Å². The van der Waals surface area contributed by atoms with Gasteiger partial charge < -0.3 is 9.64 Å². The largest absolute Gasteiger partial charge is 0.462 e. The third kappa shape index (κ3) is 3.43. The van der Waals surface area contributed by atoms with E-state index in [-0.39, 0.29) is 16.0 Å². The van der Waals surface area contributed by atoms with Crippen LogP contribution in [0.5, 0.6) is 6.01 Å². The fraction of sp³-hybridized carbons (Fsp3) is 0.467. The van der Waals surface area contributed by atoms with Crippen molar-refractivity contribution in [1.82, 2.24) is 14.9 Å². The summed E-state index contributed by atoms with van der Waals surface area (Å²) in [5.74, 6) is -0.493. The maximum absolute atomic E-state index is 14.5. The van der Waals surface area contributed by atoms with Gasteiger partial charge in [-0.3, -0.25) is 0 Å². The number of fused-ring (bicyclic) bond motifs is 1. The van der Waals surface area contributed by atoms with Crippen molar-refractivity contribution >= 4 is 50.2 Å². The van der Waals surface area contributed by atoms with Crippen molar-refractivity contribution in [3.8, 4) is 6.01 Å². The Morgan fingerprint density at radius 3 is 2.96 bits per heavy atom. The van der Waals surface area contributed by atoms with Gasteiger partial charge in [0.05, 0.1) is 9.50 Å². The van der Waals surface area contributed by atoms with E-state index < -0.39 is 5.82 Å². The summed E-state index contributed by atoms with van der Waals surface area (Å²) in [5.41, 5.74) is 0.218. The van der Waals surface area contributed by atoms with Crippen molar-refractivity contribution in [2.24, 2.45) is 0 Å². The summed E-state index contributed by atoms with van der Waals surface area (Å²) in [5, 5.41) is 1.54. The van der Waals surface area contributed by atoms with E-state index in [1.165, 1.54) is 18.2 Å². The molecule has 0 bridgehead atoms. The van der Waals surface area contributed by atoms with Gasteiger partial charge in [0.25, 0.3) is 0 Å². The predicted octanol–water partition coefficient (Wildman–Crippen LogP) is 4.38. The van der Waals surface area contributed by atoms with Gasteiger partial charge in [0.15, 0.2) is 5.82 Å². The second kappa shape index (κ2) is 7.09. The molecular formula is C15H16BrClFN3OS. The van der Waals surface area contributed by atoms with Crippen LogP contribution in [0.4, 0.5) is 4.39 Å². The van der Waals surface area contributed by atoms with Gasteiger partial charge in [-0.15, -0.1) is 11.8 Å². The van der Waals surface area contributed by atoms with Crippen molar-refractivity contribution < 1.29 is 9.13 Å². The van der Waals surface area contributed by atoms with Crippen molar-refractivity contribution in [3.05, 3.63) is 21.4 Å². The van der Waals surface area contributed by atoms with E-state index >= 15 is 0 Å². The number of likely N-dealkylation sites (N-methyl/N-ethyl adjacent to an activating group) is 1. The molecule has 1 aromatic heterocycles. The minimum atomic E-state index is -0.493. The Balaban J connectivity index is 1.95. The van der Waals surface area contributed by atoms with Crippen molar-refractivity contribution in [2.45, 2.75) is 23.9 Å². The number of halogens is 3. The Morgan fingerprint density at radius 2 is 2.30 bits per heavy atom. The molecule has 1 fully saturated rings. The Morgan fingerprint density at radius 1 is 1.52 bits per heavy atom. The highest BCUT2D eigenvalue weighted by molar-refractivity contribution is 9.10. The molecule has 1 aliphatic rings. The zero-order valence-electron chi connectivity index (χ0n) is 12.8. The molecule has 2 heterocycles. The number of nitrogens with zero attached hydrogens (tertiary/aromatic N) is 3. The second-order valence-corrected chi connectivity index (χ2v) is 7.48. The number of hydrogen-bond acceptors (Lipinski definition) is 5. The molecule has 1 atom stereocenters. The van der Waals surface area contributed by atoms with Crippen LogP contribution in [0.1, 0.15) is 12.8 Å². The summed E-state index contributed by atoms with van der Waals surface area (Å²) < 4.78 is 20.4. The summed E-state index contributed by atoms with van der Waals surface area (Å²) in [6, 6.07) is 2.23. The zero-order chi connectivity index (χ0) is 16.6. The van der Waals surface area contributed by atoms with Crippen LogP contribution >= 0.6 is 39.3 Å². The fourth-order valence-corrected chi connectivity index (χ4v) is 3.75. The van der Waals surface area contributed by atoms with Gasteiger partial charge in [-0.1, -0.05) is 11.6 Å². The molecule has 8 heteroatoms. The average Bonchev–Trinajstić information content (AvgIpc) is 2.95. The summed E-state index contributed by atoms with van der Waals surface area (Å²) in [4.78, 5) is 10.9. The lowest BCUT2D eigenvalue weighted by molar-refractivity contribution is 0.187. The molecule has 124 valence electrons. The molecule has 0 unspecified atom stereocenters. The van der Waals surface area contributed by atoms with Gasteiger partial charge >= 0.3 is 6.01 Å². The van der Waals surface area contributed by atoms with Gasteiger partial charge in [0.1, 0.15) is 17.1 Å². The van der Waals surface area contributed by atoms with E-state index in [1.807, 2.05) is 6.26 Å². The highest BCUT2D eigenvalue weighted by atomic mass is 79.9. The first kappa shape index (κ1) is 17.2. The first-order valence-electron chi connectivity index (χ1n) is 7.23. The number of ether oxygens (including phenoxy) is 1. The number of likely N-dealkylation sites (tertiary alicyclic amines) is 1. The van der Waals surface area contributed by atoms with Crippen molar-refractivity contribution in [3.63, 3.8) is 0 Å². The molecule has 0 aliphatic carbocycles. The molecule has 0 radical (unpaired) electrons. The smallest absolute Gasteiger partial charge is 0.318 e. The van der Waals surface area contributed by atoms with Crippen LogP contribution in [0, 0.1) is 5.82 Å². The molecule has 23 heavy (non-hydrogen) atoms. The first-order valence-corrected chi connectivity index (χ1v) is 9.63. The number of benzene rings is 1. The molecule has 0 saturated carbocycles. The summed E-state index contributed by atoms with van der Waals surface area (Å²) in [6.45, 7) is 1.58. The normalized spacial score (nSPS) is 18.7. The lowest BCUT2D eigenvalue weighted by Gasteiger charge is -2.19. The molecule has 0 amide bonds. The molecule has 1 aromatic carbocycles. The standard InChI is InChI=1S/C15H16BrClFN3OS/c1-21-5-3-4-8(21)7-22-15-19-13-9(14(20-15)23-2)6-10(17)11(16)12(13)18/h6,8H,3-5,7H2,1-2H3/t8-/m0/s1. The molecular weight excluding hydrogens is 405 g/mol. The predicted molar refractivity (Wildman–Crippen MR) is 95.1 cm³/mol. The van der Waals surface area contributed by atoms with Gasteiger partial charge in [0, 0.05) is 11.4 Å². The van der Waals surface area contributed by atoms with E-state index in [0.29, 0.717) is 28.1 Å². The molecule has 0 spiro atoms. The topological polar surface area (TPSA) is 38.2 Å². The number of aromatic nitrogens is 2. The Labute approximate surface area is 151 Å². The summed E-state index contributed by atoms with van der Waals surface area (Å²) in [7, 11) is 2.08. The monoisotopic (exact) mass is 419 g/mol. The summed E-state index contributed by atoms with van der Waals surface area (Å²) in [6.07, 6.45) is 4.14. The second-order valence-electron chi connectivity index (χ2n) is 5.49. The molecule has 1 saturated heterocycles. The van der Waals surface area contributed by atoms with Crippen LogP contribution in [-0.2, 0) is 0 Å². The SMILES string of the molecule is CSc1nc(OC[C@@H]2CCCN2C)nc2c(F)c(Br)c(Cl)cc12. The molecule has 4 nitrogen and oxygen atoms in total. The van der Waals surface area contributed by atoms with Gasteiger partial charge in [-0.2, -0.15) is 9.97 Å². The minimum absolute atomic E-state index is 0.204. The number of thioether (sulfide) groups is 1. The van der Waals surface area contributed by atoms with E-state index in [2.05, 4.69) is 37.8 Å². The zero-order valence-corrected chi connectivity index (χ0v) is 15.9. The van der Waals surface area contributed by atoms with Gasteiger partial charge in [-0.05, 0) is 54.7 Å². The van der Waals surface area contributed by atoms with E-state index in [4.69, 9.17) is 16.3 Å². The molecule has 0 N–H and O–H groups in total. The highest BCUT2D eigenvalue weighted by Crippen LogP contribution is 2.35. The third-order valence-corrected chi connectivity index (χ3v) is 6.04. The van der Waals surface area contributed by atoms with Crippen molar-refractivity contribution in [2.75, 3.05) is 26.5 Å². The van der Waals surface area contributed by atoms with Crippen LogP contribution < -0.4 is 4.74 Å². The minimum Gasteiger partial charge on any atom is -0.462 e. The number of hydrogen-bond donors (Lipinski definition) is 0. The van der Waals surface area contributed by atoms with E-state index in [0.717, 1.165) is 13.0 Å². The quantitative estimate of drug-likeness (QED) is 0.417. The molecule has 1 aliphatic heterocycles. The van der Waals surface area contributed by atoms with E-state index in [1.54, 1.807) is 6.07 Å². The Hall–Kier alpha value is -0.630. The van der Waals surface area contributed by atoms with Gasteiger partial charge in [0.2, 0.25) is 0 Å². The third-order valence-electron chi connectivity index (χ3n) is 4.04. The van der Waals surface area contributed by atoms with Crippen LogP contribution in [-0.4, -0.2) is 47.4 Å². The average molecular weight is 421 g/mol. The van der Waals surface area contributed by atoms with Gasteiger partial charge in [-0.25, -0.2) is 4.39 Å². The first-order chi connectivity index (χ1) is 11.0. The molecule has 2 aromatic rings. The molecule has 3 rings (SSSR count). The van der Waals surface area contributed by atoms with Crippen LogP contribution in [0.25, 0.3) is 10.9 Å². The maximum Gasteiger partial charge on any atom is 0.318 e. The Bertz CT molecular complexity index is 748. The summed E-state index contributed by atoms with van der Waals surface area (Å²) >= 11 is 10.6. The highest BCUT2D eigenvalue weighted by Gasteiger charge is 2.22. The van der Waals surface area contributed by atoms with E-state index in [9.17, 15) is 4.39 Å². The van der Waals surface area contributed by atoms with Crippen molar-refractivity contribution in [1.29, 1.82) is 0 Å². The van der Waals surface area contributed by atoms with Crippen LogP contribution in [0.3, 0.4) is 0 Å². The van der Waals surface area contributed by atoms with Crippen LogP contribution in [0.15, 0.2) is 15.6 Å². The Kier molecular flexibility index (Phi) is 5.30. The lowest BCUT2D eigenvalue weighted by Crippen LogP contribution is -2.30. The number of rotatable bonds is 4. The fourth-order valence-electron chi connectivity index (χ4n) is 2.71. The maximum atomic E-state index is 14.5. The lowest BCUT2D eigenvalue weighted by atomic mass is 10.2.